The zero-order chi connectivity index (χ0) is 14.1. The van der Waals surface area contributed by atoms with Crippen molar-refractivity contribution in [3.05, 3.63) is 11.8 Å². The highest BCUT2D eigenvalue weighted by molar-refractivity contribution is 5.92. The Morgan fingerprint density at radius 3 is 2.95 bits per heavy atom. The average Bonchev–Trinajstić information content (AvgIpc) is 3.21. The number of ether oxygens (including phenoxy) is 1. The van der Waals surface area contributed by atoms with Gasteiger partial charge in [0.2, 0.25) is 5.91 Å². The van der Waals surface area contributed by atoms with E-state index in [9.17, 15) is 4.79 Å². The Morgan fingerprint density at radius 1 is 1.50 bits per heavy atom. The van der Waals surface area contributed by atoms with Gasteiger partial charge in [0, 0.05) is 30.8 Å². The summed E-state index contributed by atoms with van der Waals surface area (Å²) in [4.78, 5) is 12.3. The average molecular weight is 277 g/mol. The van der Waals surface area contributed by atoms with Crippen molar-refractivity contribution in [2.75, 3.05) is 11.9 Å². The molecule has 1 saturated heterocycles. The van der Waals surface area contributed by atoms with Gasteiger partial charge in [-0.1, -0.05) is 0 Å². The zero-order valence-corrected chi connectivity index (χ0v) is 12.3. The molecular weight excluding hydrogens is 254 g/mol. The SMILES string of the molecule is CCn1nc(NC(=O)[C@H]2CCCO[C@@H]2C)cc1C1CC1. The lowest BCUT2D eigenvalue weighted by molar-refractivity contribution is -0.127. The molecule has 5 nitrogen and oxygen atoms in total. The Bertz CT molecular complexity index is 493. The van der Waals surface area contributed by atoms with E-state index in [0.717, 1.165) is 26.0 Å². The van der Waals surface area contributed by atoms with E-state index in [1.54, 1.807) is 0 Å². The predicted octanol–water partition coefficient (Wildman–Crippen LogP) is 2.53. The fraction of sp³-hybridized carbons (Fsp3) is 0.733. The van der Waals surface area contributed by atoms with Crippen molar-refractivity contribution in [2.45, 2.75) is 58.1 Å². The Hall–Kier alpha value is -1.36. The van der Waals surface area contributed by atoms with E-state index >= 15 is 0 Å². The summed E-state index contributed by atoms with van der Waals surface area (Å²) >= 11 is 0. The van der Waals surface area contributed by atoms with E-state index in [1.165, 1.54) is 18.5 Å². The molecule has 110 valence electrons. The molecular formula is C15H23N3O2. The van der Waals surface area contributed by atoms with Crippen molar-refractivity contribution in [3.8, 4) is 0 Å². The number of anilines is 1. The maximum Gasteiger partial charge on any atom is 0.231 e. The molecule has 5 heteroatoms. The first-order chi connectivity index (χ1) is 9.69. The van der Waals surface area contributed by atoms with Gasteiger partial charge in [0.05, 0.1) is 12.0 Å². The van der Waals surface area contributed by atoms with Crippen molar-refractivity contribution in [1.29, 1.82) is 0 Å². The van der Waals surface area contributed by atoms with E-state index in [0.29, 0.717) is 11.7 Å². The van der Waals surface area contributed by atoms with Gasteiger partial charge in [-0.3, -0.25) is 9.48 Å². The highest BCUT2D eigenvalue weighted by atomic mass is 16.5. The van der Waals surface area contributed by atoms with Gasteiger partial charge in [-0.2, -0.15) is 5.10 Å². The number of aryl methyl sites for hydroxylation is 1. The summed E-state index contributed by atoms with van der Waals surface area (Å²) in [6, 6.07) is 2.04. The molecule has 1 aromatic rings. The number of aromatic nitrogens is 2. The van der Waals surface area contributed by atoms with Crippen LogP contribution in [0.1, 0.15) is 51.1 Å². The maximum absolute atomic E-state index is 12.3. The molecule has 0 spiro atoms. The third-order valence-corrected chi connectivity index (χ3v) is 4.30. The largest absolute Gasteiger partial charge is 0.378 e. The topological polar surface area (TPSA) is 56.2 Å². The summed E-state index contributed by atoms with van der Waals surface area (Å²) in [6.45, 7) is 5.68. The van der Waals surface area contributed by atoms with Crippen LogP contribution >= 0.6 is 0 Å². The molecule has 1 aliphatic carbocycles. The van der Waals surface area contributed by atoms with Gasteiger partial charge in [-0.25, -0.2) is 0 Å². The second kappa shape index (κ2) is 5.56. The van der Waals surface area contributed by atoms with Crippen molar-refractivity contribution in [1.82, 2.24) is 9.78 Å². The summed E-state index contributed by atoms with van der Waals surface area (Å²) in [5, 5.41) is 7.46. The number of hydrogen-bond acceptors (Lipinski definition) is 3. The van der Waals surface area contributed by atoms with Gasteiger partial charge in [-0.15, -0.1) is 0 Å². The molecule has 2 aliphatic rings. The van der Waals surface area contributed by atoms with Crippen LogP contribution in [-0.2, 0) is 16.1 Å². The molecule has 1 saturated carbocycles. The Balaban J connectivity index is 1.69. The Kier molecular flexibility index (Phi) is 3.78. The van der Waals surface area contributed by atoms with Gasteiger partial charge in [0.25, 0.3) is 0 Å². The Labute approximate surface area is 119 Å². The van der Waals surface area contributed by atoms with Gasteiger partial charge in [0.15, 0.2) is 5.82 Å². The normalized spacial score (nSPS) is 26.5. The van der Waals surface area contributed by atoms with Crippen LogP contribution in [0.15, 0.2) is 6.07 Å². The molecule has 0 aromatic carbocycles. The highest BCUT2D eigenvalue weighted by Gasteiger charge is 2.31. The van der Waals surface area contributed by atoms with Crippen LogP contribution in [-0.4, -0.2) is 28.4 Å². The number of amides is 1. The predicted molar refractivity (Wildman–Crippen MR) is 76.6 cm³/mol. The van der Waals surface area contributed by atoms with Crippen molar-refractivity contribution >= 4 is 11.7 Å². The molecule has 3 rings (SSSR count). The van der Waals surface area contributed by atoms with Crippen LogP contribution in [0.5, 0.6) is 0 Å². The lowest BCUT2D eigenvalue weighted by Crippen LogP contribution is -2.36. The molecule has 1 amide bonds. The first-order valence-electron chi connectivity index (χ1n) is 7.69. The first kappa shape index (κ1) is 13.6. The molecule has 1 aliphatic heterocycles. The van der Waals surface area contributed by atoms with Crippen molar-refractivity contribution < 1.29 is 9.53 Å². The summed E-state index contributed by atoms with van der Waals surface area (Å²) in [6.07, 6.45) is 4.34. The van der Waals surface area contributed by atoms with Gasteiger partial charge in [-0.05, 0) is 39.5 Å². The molecule has 0 unspecified atom stereocenters. The Morgan fingerprint density at radius 2 is 2.30 bits per heavy atom. The summed E-state index contributed by atoms with van der Waals surface area (Å²) < 4.78 is 7.57. The summed E-state index contributed by atoms with van der Waals surface area (Å²) in [5.41, 5.74) is 1.26. The van der Waals surface area contributed by atoms with Crippen LogP contribution in [0.3, 0.4) is 0 Å². The van der Waals surface area contributed by atoms with E-state index in [2.05, 4.69) is 17.3 Å². The summed E-state index contributed by atoms with van der Waals surface area (Å²) in [5.74, 6) is 1.32. The second-order valence-corrected chi connectivity index (χ2v) is 5.86. The third kappa shape index (κ3) is 2.73. The highest BCUT2D eigenvalue weighted by Crippen LogP contribution is 2.40. The number of nitrogens with one attached hydrogen (secondary N) is 1. The lowest BCUT2D eigenvalue weighted by atomic mass is 9.94. The van der Waals surface area contributed by atoms with Crippen LogP contribution < -0.4 is 5.32 Å². The van der Waals surface area contributed by atoms with Crippen LogP contribution in [0, 0.1) is 5.92 Å². The molecule has 2 fully saturated rings. The molecule has 0 radical (unpaired) electrons. The molecule has 20 heavy (non-hydrogen) atoms. The minimum atomic E-state index is -0.0556. The minimum Gasteiger partial charge on any atom is -0.378 e. The molecule has 2 atom stereocenters. The standard InChI is InChI=1S/C15H23N3O2/c1-3-18-13(11-6-7-11)9-14(17-18)16-15(19)12-5-4-8-20-10(12)2/h9-12H,3-8H2,1-2H3,(H,16,17,19)/t10-,12+/m1/s1. The number of hydrogen-bond donors (Lipinski definition) is 1. The second-order valence-electron chi connectivity index (χ2n) is 5.86. The molecule has 1 aromatic heterocycles. The summed E-state index contributed by atoms with van der Waals surface area (Å²) in [7, 11) is 0. The molecule has 1 N–H and O–H groups in total. The van der Waals surface area contributed by atoms with Crippen LogP contribution in [0.2, 0.25) is 0 Å². The van der Waals surface area contributed by atoms with E-state index in [-0.39, 0.29) is 17.9 Å². The number of carbonyl (C=O) groups is 1. The number of rotatable bonds is 4. The maximum atomic E-state index is 12.3. The van der Waals surface area contributed by atoms with Crippen LogP contribution in [0.4, 0.5) is 5.82 Å². The van der Waals surface area contributed by atoms with Gasteiger partial charge < -0.3 is 10.1 Å². The zero-order valence-electron chi connectivity index (χ0n) is 12.3. The minimum absolute atomic E-state index is 0.0000802. The fourth-order valence-electron chi connectivity index (χ4n) is 2.94. The number of carbonyl (C=O) groups excluding carboxylic acids is 1. The fourth-order valence-corrected chi connectivity index (χ4v) is 2.94. The van der Waals surface area contributed by atoms with Gasteiger partial charge >= 0.3 is 0 Å². The monoisotopic (exact) mass is 277 g/mol. The van der Waals surface area contributed by atoms with E-state index < -0.39 is 0 Å². The third-order valence-electron chi connectivity index (χ3n) is 4.30. The van der Waals surface area contributed by atoms with Crippen molar-refractivity contribution in [3.63, 3.8) is 0 Å². The van der Waals surface area contributed by atoms with Crippen molar-refractivity contribution in [2.24, 2.45) is 5.92 Å². The molecule has 2 heterocycles. The number of nitrogens with zero attached hydrogens (tertiary/aromatic N) is 2. The smallest absolute Gasteiger partial charge is 0.231 e. The first-order valence-corrected chi connectivity index (χ1v) is 7.69. The van der Waals surface area contributed by atoms with Gasteiger partial charge in [0.1, 0.15) is 0 Å². The molecule has 0 bridgehead atoms. The quantitative estimate of drug-likeness (QED) is 0.920. The van der Waals surface area contributed by atoms with E-state index in [4.69, 9.17) is 4.74 Å². The van der Waals surface area contributed by atoms with E-state index in [1.807, 2.05) is 17.7 Å². The lowest BCUT2D eigenvalue weighted by Gasteiger charge is -2.27. The van der Waals surface area contributed by atoms with Crippen LogP contribution in [0.25, 0.3) is 0 Å².